The van der Waals surface area contributed by atoms with Crippen LogP contribution in [0.25, 0.3) is 0 Å². The van der Waals surface area contributed by atoms with Gasteiger partial charge >= 0.3 is 0 Å². The molecule has 0 saturated carbocycles. The van der Waals surface area contributed by atoms with Crippen LogP contribution in [0.1, 0.15) is 58.1 Å². The highest BCUT2D eigenvalue weighted by Gasteiger charge is 2.40. The van der Waals surface area contributed by atoms with E-state index in [0.29, 0.717) is 18.1 Å². The smallest absolute Gasteiger partial charge is 0.0771 e. The lowest BCUT2D eigenvalue weighted by atomic mass is 9.85. The second kappa shape index (κ2) is 4.77. The van der Waals surface area contributed by atoms with Crippen molar-refractivity contribution in [1.29, 1.82) is 0 Å². The van der Waals surface area contributed by atoms with Gasteiger partial charge in [0, 0.05) is 12.2 Å². The van der Waals surface area contributed by atoms with E-state index in [1.807, 2.05) is 0 Å². The SMILES string of the molecule is CC(C)c1ccc(C(C)(C)C)cc1N1C[C@H]2C[C@@H]1CO2. The molecule has 20 heavy (non-hydrogen) atoms. The third-order valence-electron chi connectivity index (χ3n) is 4.73. The average molecular weight is 273 g/mol. The van der Waals surface area contributed by atoms with Gasteiger partial charge in [-0.3, -0.25) is 0 Å². The number of anilines is 1. The third kappa shape index (κ3) is 2.35. The Kier molecular flexibility index (Phi) is 3.32. The fraction of sp³-hybridized carbons (Fsp3) is 0.667. The molecule has 2 fully saturated rings. The Morgan fingerprint density at radius 1 is 1.25 bits per heavy atom. The van der Waals surface area contributed by atoms with E-state index in [2.05, 4.69) is 57.7 Å². The highest BCUT2D eigenvalue weighted by atomic mass is 16.5. The lowest BCUT2D eigenvalue weighted by Crippen LogP contribution is -2.37. The molecule has 0 aromatic heterocycles. The minimum Gasteiger partial charge on any atom is -0.374 e. The van der Waals surface area contributed by atoms with Gasteiger partial charge in [0.1, 0.15) is 0 Å². The van der Waals surface area contributed by atoms with Gasteiger partial charge in [-0.25, -0.2) is 0 Å². The van der Waals surface area contributed by atoms with Gasteiger partial charge in [-0.1, -0.05) is 46.8 Å². The van der Waals surface area contributed by atoms with Crippen LogP contribution in [0.5, 0.6) is 0 Å². The molecule has 2 atom stereocenters. The zero-order chi connectivity index (χ0) is 14.5. The number of rotatable bonds is 2. The molecule has 1 aromatic carbocycles. The van der Waals surface area contributed by atoms with Crippen LogP contribution in [0.3, 0.4) is 0 Å². The summed E-state index contributed by atoms with van der Waals surface area (Å²) in [7, 11) is 0. The zero-order valence-corrected chi connectivity index (χ0v) is 13.4. The van der Waals surface area contributed by atoms with Crippen molar-refractivity contribution in [2.75, 3.05) is 18.1 Å². The van der Waals surface area contributed by atoms with Gasteiger partial charge in [-0.15, -0.1) is 0 Å². The summed E-state index contributed by atoms with van der Waals surface area (Å²) in [5.74, 6) is 0.569. The maximum absolute atomic E-state index is 5.76. The second-order valence-electron chi connectivity index (χ2n) is 7.68. The van der Waals surface area contributed by atoms with Gasteiger partial charge < -0.3 is 9.64 Å². The van der Waals surface area contributed by atoms with Crippen LogP contribution >= 0.6 is 0 Å². The predicted octanol–water partition coefficient (Wildman–Crippen LogP) is 4.09. The largest absolute Gasteiger partial charge is 0.374 e. The molecule has 110 valence electrons. The lowest BCUT2D eigenvalue weighted by Gasteiger charge is -2.33. The van der Waals surface area contributed by atoms with Gasteiger partial charge in [-0.05, 0) is 34.9 Å². The molecule has 3 rings (SSSR count). The molecule has 2 bridgehead atoms. The quantitative estimate of drug-likeness (QED) is 0.805. The first-order valence-corrected chi connectivity index (χ1v) is 7.89. The van der Waals surface area contributed by atoms with E-state index in [-0.39, 0.29) is 5.41 Å². The number of nitrogens with zero attached hydrogens (tertiary/aromatic N) is 1. The number of morpholine rings is 1. The topological polar surface area (TPSA) is 12.5 Å². The summed E-state index contributed by atoms with van der Waals surface area (Å²) in [4.78, 5) is 2.60. The van der Waals surface area contributed by atoms with E-state index in [9.17, 15) is 0 Å². The van der Waals surface area contributed by atoms with Gasteiger partial charge in [0.15, 0.2) is 0 Å². The normalized spacial score (nSPS) is 25.8. The fourth-order valence-electron chi connectivity index (χ4n) is 3.44. The Balaban J connectivity index is 2.02. The van der Waals surface area contributed by atoms with Crippen molar-refractivity contribution in [3.63, 3.8) is 0 Å². The van der Waals surface area contributed by atoms with Crippen LogP contribution in [0, 0.1) is 0 Å². The number of hydrogen-bond donors (Lipinski definition) is 0. The van der Waals surface area contributed by atoms with E-state index in [4.69, 9.17) is 4.74 Å². The average Bonchev–Trinajstić information content (AvgIpc) is 2.99. The molecule has 0 amide bonds. The Morgan fingerprint density at radius 2 is 2.00 bits per heavy atom. The number of hydrogen-bond acceptors (Lipinski definition) is 2. The second-order valence-corrected chi connectivity index (χ2v) is 7.68. The molecule has 2 aliphatic rings. The number of fused-ring (bicyclic) bond motifs is 2. The summed E-state index contributed by atoms with van der Waals surface area (Å²) in [5.41, 5.74) is 4.56. The molecule has 1 aromatic rings. The molecular weight excluding hydrogens is 246 g/mol. The first-order chi connectivity index (χ1) is 9.36. The Morgan fingerprint density at radius 3 is 2.50 bits per heavy atom. The molecule has 0 unspecified atom stereocenters. The lowest BCUT2D eigenvalue weighted by molar-refractivity contribution is 0.0990. The molecule has 2 heterocycles. The zero-order valence-electron chi connectivity index (χ0n) is 13.4. The maximum Gasteiger partial charge on any atom is 0.0771 e. The molecule has 2 nitrogen and oxygen atoms in total. The Labute approximate surface area is 123 Å². The summed E-state index contributed by atoms with van der Waals surface area (Å²) >= 11 is 0. The summed E-state index contributed by atoms with van der Waals surface area (Å²) in [6.45, 7) is 13.4. The highest BCUT2D eigenvalue weighted by Crippen LogP contribution is 2.39. The highest BCUT2D eigenvalue weighted by molar-refractivity contribution is 5.59. The number of benzene rings is 1. The van der Waals surface area contributed by atoms with Crippen LogP contribution in [0.2, 0.25) is 0 Å². The molecule has 0 radical (unpaired) electrons. The predicted molar refractivity (Wildman–Crippen MR) is 84.7 cm³/mol. The van der Waals surface area contributed by atoms with Crippen molar-refractivity contribution < 1.29 is 4.74 Å². The van der Waals surface area contributed by atoms with Gasteiger partial charge in [0.2, 0.25) is 0 Å². The molecular formula is C18H27NO. The van der Waals surface area contributed by atoms with E-state index >= 15 is 0 Å². The Hall–Kier alpha value is -1.02. The van der Waals surface area contributed by atoms with Gasteiger partial charge in [0.05, 0.1) is 18.8 Å². The van der Waals surface area contributed by atoms with Gasteiger partial charge in [0.25, 0.3) is 0 Å². The van der Waals surface area contributed by atoms with E-state index in [1.54, 1.807) is 0 Å². The van der Waals surface area contributed by atoms with E-state index in [0.717, 1.165) is 13.2 Å². The molecule has 2 aliphatic heterocycles. The van der Waals surface area contributed by atoms with Crippen molar-refractivity contribution in [2.45, 2.75) is 64.5 Å². The van der Waals surface area contributed by atoms with Crippen LogP contribution in [-0.4, -0.2) is 25.3 Å². The minimum absolute atomic E-state index is 0.208. The summed E-state index contributed by atoms with van der Waals surface area (Å²) in [6, 6.07) is 7.67. The summed E-state index contributed by atoms with van der Waals surface area (Å²) in [5, 5.41) is 0. The molecule has 2 saturated heterocycles. The van der Waals surface area contributed by atoms with E-state index < -0.39 is 0 Å². The van der Waals surface area contributed by atoms with Crippen LogP contribution in [0.15, 0.2) is 18.2 Å². The maximum atomic E-state index is 5.76. The van der Waals surface area contributed by atoms with Crippen molar-refractivity contribution >= 4 is 5.69 Å². The minimum atomic E-state index is 0.208. The van der Waals surface area contributed by atoms with Crippen molar-refractivity contribution in [3.05, 3.63) is 29.3 Å². The summed E-state index contributed by atoms with van der Waals surface area (Å²) in [6.07, 6.45) is 1.66. The van der Waals surface area contributed by atoms with Gasteiger partial charge in [-0.2, -0.15) is 0 Å². The molecule has 0 N–H and O–H groups in total. The first kappa shape index (κ1) is 13.9. The fourth-order valence-corrected chi connectivity index (χ4v) is 3.44. The van der Waals surface area contributed by atoms with Crippen molar-refractivity contribution in [3.8, 4) is 0 Å². The standard InChI is InChI=1S/C18H27NO/c1-12(2)16-7-6-13(18(3,4)5)8-17(16)19-10-15-9-14(19)11-20-15/h6-8,12,14-15H,9-11H2,1-5H3/t14-,15-/m1/s1. The third-order valence-corrected chi connectivity index (χ3v) is 4.73. The molecule has 0 aliphatic carbocycles. The monoisotopic (exact) mass is 273 g/mol. The van der Waals surface area contributed by atoms with Crippen LogP contribution < -0.4 is 4.90 Å². The number of ether oxygens (including phenoxy) is 1. The van der Waals surface area contributed by atoms with Crippen molar-refractivity contribution in [2.24, 2.45) is 0 Å². The summed E-state index contributed by atoms with van der Waals surface area (Å²) < 4.78 is 5.76. The molecule has 0 spiro atoms. The van der Waals surface area contributed by atoms with Crippen molar-refractivity contribution in [1.82, 2.24) is 0 Å². The van der Waals surface area contributed by atoms with E-state index in [1.165, 1.54) is 23.2 Å². The Bertz CT molecular complexity index is 501. The van der Waals surface area contributed by atoms with Crippen LogP contribution in [0.4, 0.5) is 5.69 Å². The van der Waals surface area contributed by atoms with Crippen LogP contribution in [-0.2, 0) is 10.2 Å². The molecule has 2 heteroatoms. The first-order valence-electron chi connectivity index (χ1n) is 7.89.